The first kappa shape index (κ1) is 19.5. The van der Waals surface area contributed by atoms with Crippen molar-refractivity contribution in [1.82, 2.24) is 33.8 Å². The summed E-state index contributed by atoms with van der Waals surface area (Å²) in [6.45, 7) is 2.74. The Morgan fingerprint density at radius 3 is 2.66 bits per heavy atom. The molecular weight excluding hydrogens is 392 g/mol. The Kier molecular flexibility index (Phi) is 5.33. The van der Waals surface area contributed by atoms with Crippen molar-refractivity contribution in [2.75, 3.05) is 24.2 Å². The van der Waals surface area contributed by atoms with E-state index < -0.39 is 10.0 Å². The second kappa shape index (κ2) is 7.91. The molecule has 1 N–H and O–H groups in total. The van der Waals surface area contributed by atoms with Crippen LogP contribution in [-0.2, 0) is 17.1 Å². The molecule has 154 valence electrons. The van der Waals surface area contributed by atoms with Crippen molar-refractivity contribution in [2.45, 2.75) is 25.8 Å². The smallest absolute Gasteiger partial charge is 0.227 e. The fraction of sp³-hybridized carbons (Fsp3) is 0.444. The fourth-order valence-electron chi connectivity index (χ4n) is 3.43. The lowest BCUT2D eigenvalue weighted by Crippen LogP contribution is -2.39. The first-order valence-corrected chi connectivity index (χ1v) is 11.2. The molecule has 11 heteroatoms. The summed E-state index contributed by atoms with van der Waals surface area (Å²) >= 11 is 0. The fourth-order valence-corrected chi connectivity index (χ4v) is 4.56. The minimum absolute atomic E-state index is 0.146. The maximum absolute atomic E-state index is 12.0. The molecule has 1 fully saturated rings. The van der Waals surface area contributed by atoms with Crippen LogP contribution in [0.3, 0.4) is 0 Å². The molecule has 0 atom stereocenters. The summed E-state index contributed by atoms with van der Waals surface area (Å²) in [5.41, 5.74) is 2.48. The number of hydrogen-bond donors (Lipinski definition) is 1. The van der Waals surface area contributed by atoms with Crippen LogP contribution in [0.1, 0.15) is 25.8 Å². The van der Waals surface area contributed by atoms with E-state index in [1.54, 1.807) is 34.5 Å². The van der Waals surface area contributed by atoms with E-state index in [-0.39, 0.29) is 11.8 Å². The maximum Gasteiger partial charge on any atom is 0.227 e. The summed E-state index contributed by atoms with van der Waals surface area (Å²) in [4.78, 5) is 8.82. The van der Waals surface area contributed by atoms with Gasteiger partial charge in [-0.1, -0.05) is 0 Å². The number of aromatic nitrogens is 6. The van der Waals surface area contributed by atoms with Crippen molar-refractivity contribution in [1.29, 1.82) is 0 Å². The minimum atomic E-state index is -3.12. The van der Waals surface area contributed by atoms with Crippen LogP contribution in [-0.4, -0.2) is 61.1 Å². The second-order valence-electron chi connectivity index (χ2n) is 7.03. The largest absolute Gasteiger partial charge is 0.321 e. The highest BCUT2D eigenvalue weighted by Gasteiger charge is 2.27. The molecule has 4 rings (SSSR count). The summed E-state index contributed by atoms with van der Waals surface area (Å²) in [6, 6.07) is 2.02. The number of anilines is 2. The molecule has 10 nitrogen and oxygen atoms in total. The SMILES string of the molecule is CCS(=O)(=O)N1CCC(n2cc(-c3ccnc(Nc4cnn(C)c4)n3)cn2)CC1. The molecule has 0 bridgehead atoms. The minimum Gasteiger partial charge on any atom is -0.321 e. The van der Waals surface area contributed by atoms with Gasteiger partial charge in [0.05, 0.1) is 35.6 Å². The summed E-state index contributed by atoms with van der Waals surface area (Å²) in [5.74, 6) is 0.633. The summed E-state index contributed by atoms with van der Waals surface area (Å²) in [7, 11) is -1.27. The standard InChI is InChI=1S/C18H24N8O2S/c1-3-29(27,28)25-8-5-16(6-9-25)26-12-14(10-21-26)17-4-7-19-18(23-17)22-15-11-20-24(2)13-15/h4,7,10-13,16H,3,5-6,8-9H2,1-2H3,(H,19,22,23). The molecule has 4 heterocycles. The Hall–Kier alpha value is -2.79. The van der Waals surface area contributed by atoms with Crippen LogP contribution in [0, 0.1) is 0 Å². The first-order valence-electron chi connectivity index (χ1n) is 9.55. The lowest BCUT2D eigenvalue weighted by Gasteiger charge is -2.31. The van der Waals surface area contributed by atoms with Gasteiger partial charge in [0.25, 0.3) is 0 Å². The molecule has 0 aromatic carbocycles. The molecule has 1 saturated heterocycles. The Labute approximate surface area is 169 Å². The molecule has 3 aromatic rings. The van der Waals surface area contributed by atoms with E-state index in [9.17, 15) is 8.42 Å². The van der Waals surface area contributed by atoms with Gasteiger partial charge in [0, 0.05) is 44.3 Å². The van der Waals surface area contributed by atoms with Gasteiger partial charge in [-0.3, -0.25) is 9.36 Å². The molecule has 0 saturated carbocycles. The normalized spacial score (nSPS) is 16.2. The van der Waals surface area contributed by atoms with Crippen molar-refractivity contribution in [3.63, 3.8) is 0 Å². The van der Waals surface area contributed by atoms with Gasteiger partial charge in [-0.25, -0.2) is 22.7 Å². The Balaban J connectivity index is 1.45. The van der Waals surface area contributed by atoms with Crippen LogP contribution in [0.15, 0.2) is 37.1 Å². The second-order valence-corrected chi connectivity index (χ2v) is 9.29. The van der Waals surface area contributed by atoms with Crippen molar-refractivity contribution in [2.24, 2.45) is 7.05 Å². The molecule has 1 aliphatic heterocycles. The van der Waals surface area contributed by atoms with Gasteiger partial charge in [0.2, 0.25) is 16.0 Å². The zero-order chi connectivity index (χ0) is 20.4. The van der Waals surface area contributed by atoms with Crippen molar-refractivity contribution in [3.05, 3.63) is 37.1 Å². The first-order chi connectivity index (χ1) is 13.9. The third-order valence-electron chi connectivity index (χ3n) is 5.07. The highest BCUT2D eigenvalue weighted by atomic mass is 32.2. The number of piperidine rings is 1. The van der Waals surface area contributed by atoms with E-state index >= 15 is 0 Å². The molecule has 0 amide bonds. The van der Waals surface area contributed by atoms with Crippen LogP contribution >= 0.6 is 0 Å². The Morgan fingerprint density at radius 2 is 1.97 bits per heavy atom. The predicted molar refractivity (Wildman–Crippen MR) is 109 cm³/mol. The van der Waals surface area contributed by atoms with Crippen molar-refractivity contribution in [3.8, 4) is 11.3 Å². The molecular formula is C18H24N8O2S. The summed E-state index contributed by atoms with van der Waals surface area (Å²) in [6.07, 6.45) is 10.5. The summed E-state index contributed by atoms with van der Waals surface area (Å²) < 4.78 is 29.3. The number of aryl methyl sites for hydroxylation is 1. The van der Waals surface area contributed by atoms with Gasteiger partial charge >= 0.3 is 0 Å². The Morgan fingerprint density at radius 1 is 1.17 bits per heavy atom. The monoisotopic (exact) mass is 416 g/mol. The zero-order valence-electron chi connectivity index (χ0n) is 16.4. The van der Waals surface area contributed by atoms with E-state index in [2.05, 4.69) is 25.5 Å². The number of rotatable bonds is 6. The molecule has 0 spiro atoms. The van der Waals surface area contributed by atoms with E-state index in [0.717, 1.165) is 29.8 Å². The van der Waals surface area contributed by atoms with Crippen molar-refractivity contribution >= 4 is 21.7 Å². The molecule has 1 aliphatic rings. The zero-order valence-corrected chi connectivity index (χ0v) is 17.2. The average Bonchev–Trinajstić information content (AvgIpc) is 3.38. The number of nitrogens with zero attached hydrogens (tertiary/aromatic N) is 7. The van der Waals surface area contributed by atoms with Gasteiger partial charge < -0.3 is 5.32 Å². The van der Waals surface area contributed by atoms with Crippen molar-refractivity contribution < 1.29 is 8.42 Å². The molecule has 3 aromatic heterocycles. The number of nitrogens with one attached hydrogen (secondary N) is 1. The van der Waals surface area contributed by atoms with Crippen LogP contribution in [0.2, 0.25) is 0 Å². The van der Waals surface area contributed by atoms with Gasteiger partial charge in [0.1, 0.15) is 0 Å². The molecule has 29 heavy (non-hydrogen) atoms. The van der Waals surface area contributed by atoms with E-state index in [4.69, 9.17) is 0 Å². The van der Waals surface area contributed by atoms with Crippen LogP contribution < -0.4 is 5.32 Å². The van der Waals surface area contributed by atoms with Gasteiger partial charge in [-0.2, -0.15) is 10.2 Å². The predicted octanol–water partition coefficient (Wildman–Crippen LogP) is 1.80. The quantitative estimate of drug-likeness (QED) is 0.652. The van der Waals surface area contributed by atoms with E-state index in [1.165, 1.54) is 0 Å². The number of hydrogen-bond acceptors (Lipinski definition) is 7. The lowest BCUT2D eigenvalue weighted by molar-refractivity contribution is 0.261. The molecule has 0 unspecified atom stereocenters. The maximum atomic E-state index is 12.0. The van der Waals surface area contributed by atoms with E-state index in [1.807, 2.05) is 30.2 Å². The third kappa shape index (κ3) is 4.30. The Bertz CT molecular complexity index is 1080. The molecule has 0 radical (unpaired) electrons. The lowest BCUT2D eigenvalue weighted by atomic mass is 10.1. The van der Waals surface area contributed by atoms with Crippen LogP contribution in [0.4, 0.5) is 11.6 Å². The highest BCUT2D eigenvalue weighted by molar-refractivity contribution is 7.89. The molecule has 0 aliphatic carbocycles. The van der Waals surface area contributed by atoms with Gasteiger partial charge in [-0.15, -0.1) is 0 Å². The van der Waals surface area contributed by atoms with E-state index in [0.29, 0.717) is 19.0 Å². The highest BCUT2D eigenvalue weighted by Crippen LogP contribution is 2.26. The topological polar surface area (TPSA) is 111 Å². The van der Waals surface area contributed by atoms with Crippen LogP contribution in [0.25, 0.3) is 11.3 Å². The summed E-state index contributed by atoms with van der Waals surface area (Å²) in [5, 5.41) is 11.7. The number of sulfonamides is 1. The average molecular weight is 417 g/mol. The third-order valence-corrected chi connectivity index (χ3v) is 6.95. The van der Waals surface area contributed by atoms with Gasteiger partial charge in [0.15, 0.2) is 0 Å². The van der Waals surface area contributed by atoms with Gasteiger partial charge in [-0.05, 0) is 25.8 Å². The van der Waals surface area contributed by atoms with Crippen LogP contribution in [0.5, 0.6) is 0 Å².